The number of piperidine rings is 1. The number of carbonyl (C=O) groups excluding carboxylic acids is 1. The van der Waals surface area contributed by atoms with Gasteiger partial charge in [0.05, 0.1) is 0 Å². The third-order valence-corrected chi connectivity index (χ3v) is 4.05. The zero-order valence-electron chi connectivity index (χ0n) is 10.9. The Morgan fingerprint density at radius 2 is 2.06 bits per heavy atom. The fourth-order valence-corrected chi connectivity index (χ4v) is 2.69. The highest BCUT2D eigenvalue weighted by molar-refractivity contribution is 5.75. The maximum Gasteiger partial charge on any atom is 0.317 e. The van der Waals surface area contributed by atoms with Gasteiger partial charge in [-0.15, -0.1) is 0 Å². The van der Waals surface area contributed by atoms with E-state index in [1.165, 1.54) is 32.1 Å². The van der Waals surface area contributed by atoms with E-state index in [9.17, 15) is 4.79 Å². The number of amides is 2. The van der Waals surface area contributed by atoms with Crippen LogP contribution < -0.4 is 10.6 Å². The summed E-state index contributed by atoms with van der Waals surface area (Å²) in [6.45, 7) is 1.94. The van der Waals surface area contributed by atoms with Crippen LogP contribution in [0.25, 0.3) is 0 Å². The highest BCUT2D eigenvalue weighted by Gasteiger charge is 2.28. The first kappa shape index (κ1) is 12.7. The molecular weight excluding hydrogens is 214 g/mol. The molecule has 1 saturated heterocycles. The molecule has 4 nitrogen and oxygen atoms in total. The molecule has 1 unspecified atom stereocenters. The number of nitrogens with zero attached hydrogens (tertiary/aromatic N) is 1. The van der Waals surface area contributed by atoms with Gasteiger partial charge in [-0.2, -0.15) is 0 Å². The summed E-state index contributed by atoms with van der Waals surface area (Å²) in [5.41, 5.74) is 0. The predicted molar refractivity (Wildman–Crippen MR) is 69.1 cm³/mol. The highest BCUT2D eigenvalue weighted by atomic mass is 16.2. The molecule has 2 N–H and O–H groups in total. The van der Waals surface area contributed by atoms with Crippen LogP contribution in [-0.2, 0) is 0 Å². The zero-order chi connectivity index (χ0) is 12.1. The van der Waals surface area contributed by atoms with Gasteiger partial charge in [-0.25, -0.2) is 4.79 Å². The molecule has 4 heteroatoms. The molecule has 1 aliphatic carbocycles. The lowest BCUT2D eigenvalue weighted by Crippen LogP contribution is -2.53. The van der Waals surface area contributed by atoms with E-state index in [-0.39, 0.29) is 6.03 Å². The van der Waals surface area contributed by atoms with E-state index < -0.39 is 0 Å². The molecule has 2 rings (SSSR count). The van der Waals surface area contributed by atoms with Gasteiger partial charge >= 0.3 is 6.03 Å². The van der Waals surface area contributed by atoms with Gasteiger partial charge in [0.25, 0.3) is 0 Å². The minimum absolute atomic E-state index is 0.176. The van der Waals surface area contributed by atoms with Crippen molar-refractivity contribution in [3.63, 3.8) is 0 Å². The maximum atomic E-state index is 12.2. The van der Waals surface area contributed by atoms with Gasteiger partial charge in [-0.05, 0) is 58.5 Å². The summed E-state index contributed by atoms with van der Waals surface area (Å²) in [5.74, 6) is 0. The van der Waals surface area contributed by atoms with Crippen LogP contribution in [0.3, 0.4) is 0 Å². The summed E-state index contributed by atoms with van der Waals surface area (Å²) in [6, 6.07) is 1.07. The highest BCUT2D eigenvalue weighted by Crippen LogP contribution is 2.22. The van der Waals surface area contributed by atoms with Crippen molar-refractivity contribution in [1.29, 1.82) is 0 Å². The first-order valence-corrected chi connectivity index (χ1v) is 7.03. The maximum absolute atomic E-state index is 12.2. The molecular formula is C13H25N3O. The molecule has 0 aromatic carbocycles. The smallest absolute Gasteiger partial charge is 0.317 e. The monoisotopic (exact) mass is 239 g/mol. The number of likely N-dealkylation sites (tertiary alicyclic amines) is 1. The second-order valence-electron chi connectivity index (χ2n) is 5.31. The van der Waals surface area contributed by atoms with Gasteiger partial charge in [0.15, 0.2) is 0 Å². The molecule has 0 aromatic rings. The van der Waals surface area contributed by atoms with E-state index in [1.807, 2.05) is 7.05 Å². The number of carbonyl (C=O) groups is 1. The Labute approximate surface area is 104 Å². The molecule has 0 radical (unpaired) electrons. The quantitative estimate of drug-likeness (QED) is 0.784. The Bertz CT molecular complexity index is 253. The van der Waals surface area contributed by atoms with Crippen molar-refractivity contribution in [2.45, 2.75) is 57.0 Å². The fourth-order valence-electron chi connectivity index (χ4n) is 2.69. The van der Waals surface area contributed by atoms with Gasteiger partial charge < -0.3 is 15.5 Å². The van der Waals surface area contributed by atoms with Crippen LogP contribution in [0.1, 0.15) is 44.9 Å². The lowest BCUT2D eigenvalue weighted by atomic mass is 9.93. The molecule has 98 valence electrons. The lowest BCUT2D eigenvalue weighted by Gasteiger charge is -2.38. The lowest BCUT2D eigenvalue weighted by molar-refractivity contribution is 0.139. The van der Waals surface area contributed by atoms with Crippen molar-refractivity contribution in [2.24, 2.45) is 0 Å². The largest absolute Gasteiger partial charge is 0.335 e. The molecule has 1 saturated carbocycles. The molecule has 17 heavy (non-hydrogen) atoms. The number of hydrogen-bond donors (Lipinski definition) is 2. The van der Waals surface area contributed by atoms with Crippen molar-refractivity contribution in [1.82, 2.24) is 15.5 Å². The van der Waals surface area contributed by atoms with E-state index in [0.717, 1.165) is 25.9 Å². The molecule has 2 fully saturated rings. The standard InChI is InChI=1S/C13H25N3O/c1-14-9-8-12-7-2-3-10-16(12)13(17)15-11-5-4-6-11/h11-12,14H,2-10H2,1H3,(H,15,17). The van der Waals surface area contributed by atoms with E-state index >= 15 is 0 Å². The van der Waals surface area contributed by atoms with Crippen molar-refractivity contribution < 1.29 is 4.79 Å². The van der Waals surface area contributed by atoms with Crippen LogP contribution in [0, 0.1) is 0 Å². The minimum atomic E-state index is 0.176. The van der Waals surface area contributed by atoms with Crippen molar-refractivity contribution >= 4 is 6.03 Å². The van der Waals surface area contributed by atoms with Crippen molar-refractivity contribution in [3.05, 3.63) is 0 Å². The summed E-state index contributed by atoms with van der Waals surface area (Å²) in [5, 5.41) is 6.34. The SMILES string of the molecule is CNCCC1CCCCN1C(=O)NC1CCC1. The van der Waals surface area contributed by atoms with Gasteiger partial charge in [-0.3, -0.25) is 0 Å². The van der Waals surface area contributed by atoms with Gasteiger partial charge in [0, 0.05) is 18.6 Å². The molecule has 1 aliphatic heterocycles. The Morgan fingerprint density at radius 3 is 2.71 bits per heavy atom. The van der Waals surface area contributed by atoms with Gasteiger partial charge in [0.1, 0.15) is 0 Å². The molecule has 0 aromatic heterocycles. The Hall–Kier alpha value is -0.770. The first-order valence-electron chi connectivity index (χ1n) is 7.03. The summed E-state index contributed by atoms with van der Waals surface area (Å²) in [7, 11) is 1.97. The van der Waals surface area contributed by atoms with Crippen LogP contribution in [-0.4, -0.2) is 43.2 Å². The van der Waals surface area contributed by atoms with Crippen molar-refractivity contribution in [3.8, 4) is 0 Å². The Morgan fingerprint density at radius 1 is 1.24 bits per heavy atom. The van der Waals surface area contributed by atoms with E-state index in [0.29, 0.717) is 12.1 Å². The number of hydrogen-bond acceptors (Lipinski definition) is 2. The number of rotatable bonds is 4. The summed E-state index contributed by atoms with van der Waals surface area (Å²) < 4.78 is 0. The van der Waals surface area contributed by atoms with Crippen molar-refractivity contribution in [2.75, 3.05) is 20.1 Å². The molecule has 2 aliphatic rings. The molecule has 1 heterocycles. The zero-order valence-corrected chi connectivity index (χ0v) is 10.9. The summed E-state index contributed by atoms with van der Waals surface area (Å²) in [4.78, 5) is 14.2. The molecule has 1 atom stereocenters. The second-order valence-corrected chi connectivity index (χ2v) is 5.31. The fraction of sp³-hybridized carbons (Fsp3) is 0.923. The third-order valence-electron chi connectivity index (χ3n) is 4.05. The van der Waals surface area contributed by atoms with E-state index in [4.69, 9.17) is 0 Å². The minimum Gasteiger partial charge on any atom is -0.335 e. The average molecular weight is 239 g/mol. The Kier molecular flexibility index (Phi) is 4.66. The van der Waals surface area contributed by atoms with Crippen LogP contribution in [0.15, 0.2) is 0 Å². The predicted octanol–water partition coefficient (Wildman–Crippen LogP) is 1.71. The van der Waals surface area contributed by atoms with Crippen LogP contribution in [0.2, 0.25) is 0 Å². The van der Waals surface area contributed by atoms with E-state index in [2.05, 4.69) is 15.5 Å². The molecule has 2 amide bonds. The van der Waals surface area contributed by atoms with Crippen LogP contribution in [0.5, 0.6) is 0 Å². The topological polar surface area (TPSA) is 44.4 Å². The van der Waals surface area contributed by atoms with Crippen LogP contribution >= 0.6 is 0 Å². The molecule has 0 bridgehead atoms. The number of nitrogens with one attached hydrogen (secondary N) is 2. The number of urea groups is 1. The average Bonchev–Trinajstić information content (AvgIpc) is 2.31. The van der Waals surface area contributed by atoms with Gasteiger partial charge in [0.2, 0.25) is 0 Å². The molecule has 0 spiro atoms. The Balaban J connectivity index is 1.83. The van der Waals surface area contributed by atoms with Crippen LogP contribution in [0.4, 0.5) is 4.79 Å². The van der Waals surface area contributed by atoms with Gasteiger partial charge in [-0.1, -0.05) is 0 Å². The third kappa shape index (κ3) is 3.35. The normalized spacial score (nSPS) is 25.5. The first-order chi connectivity index (χ1) is 8.31. The second kappa shape index (κ2) is 6.24. The summed E-state index contributed by atoms with van der Waals surface area (Å²) >= 11 is 0. The summed E-state index contributed by atoms with van der Waals surface area (Å²) in [6.07, 6.45) is 8.28. The van der Waals surface area contributed by atoms with E-state index in [1.54, 1.807) is 0 Å².